The fraction of sp³-hybridized carbons (Fsp3) is 0.375. The lowest BCUT2D eigenvalue weighted by atomic mass is 10.1. The van der Waals surface area contributed by atoms with Crippen molar-refractivity contribution in [3.05, 3.63) is 47.8 Å². The molecule has 5 heteroatoms. The van der Waals surface area contributed by atoms with Gasteiger partial charge in [-0.3, -0.25) is 4.79 Å². The third kappa shape index (κ3) is 3.31. The highest BCUT2D eigenvalue weighted by Gasteiger charge is 2.16. The van der Waals surface area contributed by atoms with Gasteiger partial charge in [0.05, 0.1) is 11.9 Å². The number of carbonyl (C=O) groups is 1. The van der Waals surface area contributed by atoms with Gasteiger partial charge in [0, 0.05) is 24.3 Å². The molecule has 1 saturated heterocycles. The first-order valence-corrected chi connectivity index (χ1v) is 7.36. The molecule has 1 aromatic carbocycles. The molecule has 1 unspecified atom stereocenters. The van der Waals surface area contributed by atoms with Crippen molar-refractivity contribution in [2.75, 3.05) is 13.1 Å². The van der Waals surface area contributed by atoms with Gasteiger partial charge in [0.2, 0.25) is 0 Å². The zero-order chi connectivity index (χ0) is 14.7. The summed E-state index contributed by atoms with van der Waals surface area (Å²) in [6, 6.07) is 7.76. The summed E-state index contributed by atoms with van der Waals surface area (Å²) < 4.78 is 1.81. The van der Waals surface area contributed by atoms with Gasteiger partial charge in [0.25, 0.3) is 5.91 Å². The summed E-state index contributed by atoms with van der Waals surface area (Å²) in [6.07, 6.45) is 5.94. The normalized spacial score (nSPS) is 18.4. The number of nitrogens with zero attached hydrogens (tertiary/aromatic N) is 2. The molecule has 3 rings (SSSR count). The maximum absolute atomic E-state index is 12.2. The second kappa shape index (κ2) is 6.10. The molecule has 0 spiro atoms. The molecule has 2 N–H and O–H groups in total. The monoisotopic (exact) mass is 284 g/mol. The topological polar surface area (TPSA) is 59.0 Å². The molecular weight excluding hydrogens is 264 g/mol. The molecule has 1 aromatic heterocycles. The van der Waals surface area contributed by atoms with Crippen molar-refractivity contribution in [2.45, 2.75) is 25.8 Å². The molecule has 1 atom stereocenters. The van der Waals surface area contributed by atoms with E-state index in [1.807, 2.05) is 48.3 Å². The fourth-order valence-corrected chi connectivity index (χ4v) is 2.56. The zero-order valence-corrected chi connectivity index (χ0v) is 12.2. The van der Waals surface area contributed by atoms with Gasteiger partial charge >= 0.3 is 0 Å². The lowest BCUT2D eigenvalue weighted by molar-refractivity contribution is 0.0930. The van der Waals surface area contributed by atoms with Crippen molar-refractivity contribution in [2.24, 2.45) is 0 Å². The number of piperidine rings is 1. The van der Waals surface area contributed by atoms with Crippen LogP contribution in [0.2, 0.25) is 0 Å². The molecule has 110 valence electrons. The summed E-state index contributed by atoms with van der Waals surface area (Å²) in [5, 5.41) is 10.6. The van der Waals surface area contributed by atoms with Crippen LogP contribution in [0.1, 0.15) is 28.8 Å². The molecular formula is C16H20N4O. The van der Waals surface area contributed by atoms with Gasteiger partial charge in [0.15, 0.2) is 0 Å². The molecule has 0 aliphatic carbocycles. The summed E-state index contributed by atoms with van der Waals surface area (Å²) in [5.74, 6) is -0.00750. The average molecular weight is 284 g/mol. The van der Waals surface area contributed by atoms with E-state index < -0.39 is 0 Å². The fourth-order valence-electron chi connectivity index (χ4n) is 2.56. The molecule has 1 fully saturated rings. The van der Waals surface area contributed by atoms with Gasteiger partial charge in [-0.15, -0.1) is 0 Å². The van der Waals surface area contributed by atoms with Crippen molar-refractivity contribution in [3.8, 4) is 5.69 Å². The molecule has 0 saturated carbocycles. The largest absolute Gasteiger partial charge is 0.348 e. The van der Waals surface area contributed by atoms with Gasteiger partial charge in [-0.2, -0.15) is 5.10 Å². The van der Waals surface area contributed by atoms with Crippen molar-refractivity contribution in [1.82, 2.24) is 20.4 Å². The SMILES string of the molecule is Cc1cnn(-c2ccc(C(=O)NC3CCCNC3)cc2)c1. The van der Waals surface area contributed by atoms with E-state index in [4.69, 9.17) is 0 Å². The van der Waals surface area contributed by atoms with Crippen LogP contribution >= 0.6 is 0 Å². The lowest BCUT2D eigenvalue weighted by Gasteiger charge is -2.23. The Morgan fingerprint density at radius 2 is 2.19 bits per heavy atom. The Morgan fingerprint density at radius 3 is 2.81 bits per heavy atom. The summed E-state index contributed by atoms with van der Waals surface area (Å²) in [5.41, 5.74) is 2.76. The van der Waals surface area contributed by atoms with E-state index in [9.17, 15) is 4.79 Å². The van der Waals surface area contributed by atoms with Crippen LogP contribution in [0.4, 0.5) is 0 Å². The maximum atomic E-state index is 12.2. The van der Waals surface area contributed by atoms with Crippen LogP contribution in [0, 0.1) is 6.92 Å². The molecule has 2 heterocycles. The molecule has 21 heavy (non-hydrogen) atoms. The molecule has 1 aliphatic rings. The first-order valence-electron chi connectivity index (χ1n) is 7.36. The lowest BCUT2D eigenvalue weighted by Crippen LogP contribution is -2.45. The molecule has 5 nitrogen and oxygen atoms in total. The van der Waals surface area contributed by atoms with Crippen LogP contribution < -0.4 is 10.6 Å². The van der Waals surface area contributed by atoms with Crippen LogP contribution in [0.15, 0.2) is 36.7 Å². The second-order valence-corrected chi connectivity index (χ2v) is 5.53. The number of nitrogens with one attached hydrogen (secondary N) is 2. The molecule has 0 bridgehead atoms. The Labute approximate surface area is 124 Å². The van der Waals surface area contributed by atoms with Gasteiger partial charge < -0.3 is 10.6 Å². The highest BCUT2D eigenvalue weighted by molar-refractivity contribution is 5.94. The van der Waals surface area contributed by atoms with Gasteiger partial charge in [-0.1, -0.05) is 0 Å². The van der Waals surface area contributed by atoms with Gasteiger partial charge in [-0.25, -0.2) is 4.68 Å². The zero-order valence-electron chi connectivity index (χ0n) is 12.2. The number of hydrogen-bond acceptors (Lipinski definition) is 3. The molecule has 2 aromatic rings. The summed E-state index contributed by atoms with van der Waals surface area (Å²) >= 11 is 0. The summed E-state index contributed by atoms with van der Waals surface area (Å²) in [4.78, 5) is 12.2. The van der Waals surface area contributed by atoms with Crippen LogP contribution in [-0.4, -0.2) is 34.8 Å². The Bertz CT molecular complexity index is 611. The predicted molar refractivity (Wildman–Crippen MR) is 81.7 cm³/mol. The number of aromatic nitrogens is 2. The Balaban J connectivity index is 1.67. The van der Waals surface area contributed by atoms with E-state index in [0.717, 1.165) is 37.2 Å². The number of benzene rings is 1. The predicted octanol–water partition coefficient (Wildman–Crippen LogP) is 1.66. The number of carbonyl (C=O) groups excluding carboxylic acids is 1. The van der Waals surface area contributed by atoms with Crippen molar-refractivity contribution >= 4 is 5.91 Å². The Kier molecular flexibility index (Phi) is 4.01. The minimum absolute atomic E-state index is 0.00750. The number of aryl methyl sites for hydroxylation is 1. The first-order chi connectivity index (χ1) is 10.2. The van der Waals surface area contributed by atoms with Gasteiger partial charge in [-0.05, 0) is 56.1 Å². The first kappa shape index (κ1) is 13.8. The van der Waals surface area contributed by atoms with Crippen molar-refractivity contribution in [1.29, 1.82) is 0 Å². The highest BCUT2D eigenvalue weighted by Crippen LogP contribution is 2.11. The number of hydrogen-bond donors (Lipinski definition) is 2. The Morgan fingerprint density at radius 1 is 1.38 bits per heavy atom. The molecule has 1 aliphatic heterocycles. The van der Waals surface area contributed by atoms with E-state index >= 15 is 0 Å². The standard InChI is InChI=1S/C16H20N4O/c1-12-9-18-20(11-12)15-6-4-13(5-7-15)16(21)19-14-3-2-8-17-10-14/h4-7,9,11,14,17H,2-3,8,10H2,1H3,(H,19,21). The molecule has 0 radical (unpaired) electrons. The molecule has 1 amide bonds. The smallest absolute Gasteiger partial charge is 0.251 e. The minimum atomic E-state index is -0.00750. The van der Waals surface area contributed by atoms with Crippen molar-refractivity contribution < 1.29 is 4.79 Å². The third-order valence-electron chi connectivity index (χ3n) is 3.74. The van der Waals surface area contributed by atoms with Gasteiger partial charge in [0.1, 0.15) is 0 Å². The second-order valence-electron chi connectivity index (χ2n) is 5.53. The Hall–Kier alpha value is -2.14. The van der Waals surface area contributed by atoms with E-state index in [0.29, 0.717) is 5.56 Å². The van der Waals surface area contributed by atoms with Crippen molar-refractivity contribution in [3.63, 3.8) is 0 Å². The minimum Gasteiger partial charge on any atom is -0.348 e. The quantitative estimate of drug-likeness (QED) is 0.901. The van der Waals surface area contributed by atoms with Crippen LogP contribution in [0.5, 0.6) is 0 Å². The summed E-state index contributed by atoms with van der Waals surface area (Å²) in [6.45, 7) is 3.91. The maximum Gasteiger partial charge on any atom is 0.251 e. The summed E-state index contributed by atoms with van der Waals surface area (Å²) in [7, 11) is 0. The van der Waals surface area contributed by atoms with Crippen LogP contribution in [0.25, 0.3) is 5.69 Å². The third-order valence-corrected chi connectivity index (χ3v) is 3.74. The van der Waals surface area contributed by atoms with E-state index in [2.05, 4.69) is 15.7 Å². The number of amides is 1. The number of rotatable bonds is 3. The average Bonchev–Trinajstić information content (AvgIpc) is 2.95. The highest BCUT2D eigenvalue weighted by atomic mass is 16.1. The van der Waals surface area contributed by atoms with E-state index in [-0.39, 0.29) is 11.9 Å². The van der Waals surface area contributed by atoms with E-state index in [1.165, 1.54) is 0 Å². The van der Waals surface area contributed by atoms with Crippen LogP contribution in [-0.2, 0) is 0 Å². The van der Waals surface area contributed by atoms with E-state index in [1.54, 1.807) is 0 Å². The van der Waals surface area contributed by atoms with Crippen LogP contribution in [0.3, 0.4) is 0 Å².